The molecule has 2 aromatic carbocycles. The average Bonchev–Trinajstić information content (AvgIpc) is 3.41. The molecule has 0 saturated carbocycles. The fourth-order valence-electron chi connectivity index (χ4n) is 3.86. The van der Waals surface area contributed by atoms with E-state index in [0.29, 0.717) is 27.2 Å². The van der Waals surface area contributed by atoms with Crippen LogP contribution in [0.3, 0.4) is 0 Å². The lowest BCUT2D eigenvalue weighted by molar-refractivity contribution is -0.690. The Labute approximate surface area is 189 Å². The zero-order valence-corrected chi connectivity index (χ0v) is 18.1. The average molecular weight is 467 g/mol. The summed E-state index contributed by atoms with van der Waals surface area (Å²) in [6.07, 6.45) is 3.99. The first-order chi connectivity index (χ1) is 14.1. The molecular weight excluding hydrogens is 449 g/mol. The van der Waals surface area contributed by atoms with E-state index in [0.717, 1.165) is 36.5 Å². The summed E-state index contributed by atoms with van der Waals surface area (Å²) in [5.74, 6) is 2.36. The molecule has 0 atom stereocenters. The van der Waals surface area contributed by atoms with Crippen molar-refractivity contribution < 1.29 is 31.2 Å². The molecule has 3 aromatic rings. The molecule has 3 heterocycles. The number of carbonyl (C=O) groups excluding carboxylic acids is 1. The first-order valence-electron chi connectivity index (χ1n) is 9.35. The van der Waals surface area contributed by atoms with Crippen molar-refractivity contribution in [2.24, 2.45) is 0 Å². The van der Waals surface area contributed by atoms with Crippen LogP contribution in [0, 0.1) is 0 Å². The van der Waals surface area contributed by atoms with Crippen LogP contribution >= 0.6 is 23.2 Å². The third-order valence-corrected chi connectivity index (χ3v) is 5.92. The molecule has 0 saturated heterocycles. The summed E-state index contributed by atoms with van der Waals surface area (Å²) in [7, 11) is 0. The maximum absolute atomic E-state index is 12.7. The quantitative estimate of drug-likeness (QED) is 0.585. The van der Waals surface area contributed by atoms with E-state index in [1.807, 2.05) is 22.9 Å². The van der Waals surface area contributed by atoms with E-state index >= 15 is 0 Å². The van der Waals surface area contributed by atoms with E-state index in [1.165, 1.54) is 0 Å². The highest BCUT2D eigenvalue weighted by Crippen LogP contribution is 2.34. The van der Waals surface area contributed by atoms with Gasteiger partial charge in [-0.25, -0.2) is 9.13 Å². The van der Waals surface area contributed by atoms with Crippen molar-refractivity contribution in [1.82, 2.24) is 4.57 Å². The molecule has 30 heavy (non-hydrogen) atoms. The van der Waals surface area contributed by atoms with Crippen LogP contribution in [-0.4, -0.2) is 17.3 Å². The normalized spacial score (nSPS) is 13.7. The molecule has 6 nitrogen and oxygen atoms in total. The van der Waals surface area contributed by atoms with Gasteiger partial charge in [0.2, 0.25) is 6.79 Å². The number of carbonyl (C=O) groups is 1. The third-order valence-electron chi connectivity index (χ3n) is 5.18. The summed E-state index contributed by atoms with van der Waals surface area (Å²) in [4.78, 5) is 12.7. The molecule has 0 unspecified atom stereocenters. The highest BCUT2D eigenvalue weighted by molar-refractivity contribution is 6.42. The van der Waals surface area contributed by atoms with Gasteiger partial charge < -0.3 is 27.2 Å². The molecular formula is C21H18Cl3N3O3. The maximum atomic E-state index is 12.7. The Balaban J connectivity index is 0.00000218. The minimum Gasteiger partial charge on any atom is -1.00 e. The molecule has 0 aliphatic carbocycles. The summed E-state index contributed by atoms with van der Waals surface area (Å²) in [6, 6.07) is 11.0. The summed E-state index contributed by atoms with van der Waals surface area (Å²) >= 11 is 12.3. The van der Waals surface area contributed by atoms with Gasteiger partial charge in [-0.2, -0.15) is 0 Å². The highest BCUT2D eigenvalue weighted by atomic mass is 35.5. The van der Waals surface area contributed by atoms with Crippen LogP contribution in [0.15, 0.2) is 42.6 Å². The van der Waals surface area contributed by atoms with Crippen molar-refractivity contribution in [1.29, 1.82) is 0 Å². The summed E-state index contributed by atoms with van der Waals surface area (Å²) < 4.78 is 14.9. The van der Waals surface area contributed by atoms with Crippen LogP contribution in [0.5, 0.6) is 11.5 Å². The molecule has 156 valence electrons. The number of nitrogens with zero attached hydrogens (tertiary/aromatic N) is 2. The number of benzene rings is 2. The van der Waals surface area contributed by atoms with Crippen molar-refractivity contribution in [2.75, 3.05) is 12.1 Å². The van der Waals surface area contributed by atoms with Gasteiger partial charge in [0.25, 0.3) is 11.7 Å². The number of aromatic nitrogens is 2. The Bertz CT molecular complexity index is 1130. The molecule has 1 amide bonds. The number of hydrogen-bond donors (Lipinski definition) is 1. The summed E-state index contributed by atoms with van der Waals surface area (Å²) in [6.45, 7) is 1.35. The number of imidazole rings is 1. The molecule has 0 bridgehead atoms. The van der Waals surface area contributed by atoms with E-state index in [2.05, 4.69) is 9.88 Å². The second kappa shape index (κ2) is 8.38. The molecule has 2 aliphatic heterocycles. The number of fused-ring (bicyclic) bond motifs is 2. The van der Waals surface area contributed by atoms with E-state index in [1.54, 1.807) is 24.3 Å². The molecule has 9 heteroatoms. The number of amides is 1. The van der Waals surface area contributed by atoms with Gasteiger partial charge in [-0.3, -0.25) is 4.79 Å². The summed E-state index contributed by atoms with van der Waals surface area (Å²) in [5.41, 5.74) is 2.70. The molecule has 2 aliphatic rings. The fourth-order valence-corrected chi connectivity index (χ4v) is 4.16. The minimum atomic E-state index is -0.102. The summed E-state index contributed by atoms with van der Waals surface area (Å²) in [5, 5.41) is 3.98. The van der Waals surface area contributed by atoms with E-state index < -0.39 is 0 Å². The molecule has 1 N–H and O–H groups in total. The first-order valence-corrected chi connectivity index (χ1v) is 10.1. The van der Waals surface area contributed by atoms with Gasteiger partial charge in [-0.15, -0.1) is 0 Å². The van der Waals surface area contributed by atoms with Crippen LogP contribution in [0.2, 0.25) is 10.0 Å². The van der Waals surface area contributed by atoms with E-state index in [-0.39, 0.29) is 31.7 Å². The molecule has 5 rings (SSSR count). The van der Waals surface area contributed by atoms with Crippen LogP contribution in [0.4, 0.5) is 5.69 Å². The Morgan fingerprint density at radius 3 is 2.77 bits per heavy atom. The van der Waals surface area contributed by atoms with Gasteiger partial charge in [0.15, 0.2) is 23.7 Å². The number of halogens is 3. The van der Waals surface area contributed by atoms with Crippen LogP contribution in [0.1, 0.15) is 12.2 Å². The lowest BCUT2D eigenvalue weighted by atomic mass is 10.1. The Morgan fingerprint density at radius 2 is 1.93 bits per heavy atom. The van der Waals surface area contributed by atoms with Crippen molar-refractivity contribution in [3.8, 4) is 22.8 Å². The second-order valence-corrected chi connectivity index (χ2v) is 7.87. The Kier molecular flexibility index (Phi) is 5.82. The highest BCUT2D eigenvalue weighted by Gasteiger charge is 2.30. The number of ether oxygens (including phenoxy) is 2. The fraction of sp³-hybridized carbons (Fsp3) is 0.238. The van der Waals surface area contributed by atoms with Crippen LogP contribution in [-0.2, 0) is 24.3 Å². The molecule has 0 radical (unpaired) electrons. The number of rotatable bonds is 4. The van der Waals surface area contributed by atoms with Crippen molar-refractivity contribution in [3.05, 3.63) is 58.5 Å². The van der Waals surface area contributed by atoms with Crippen molar-refractivity contribution in [2.45, 2.75) is 25.9 Å². The lowest BCUT2D eigenvalue weighted by Crippen LogP contribution is -3.00. The predicted molar refractivity (Wildman–Crippen MR) is 110 cm³/mol. The van der Waals surface area contributed by atoms with Gasteiger partial charge in [-0.05, 0) is 36.8 Å². The van der Waals surface area contributed by atoms with Gasteiger partial charge in [0, 0.05) is 17.3 Å². The maximum Gasteiger partial charge on any atom is 0.266 e. The standard InChI is InChI=1S/C21H17Cl2N3O3.ClH/c22-15-5-3-13(8-16(15)23)17-10-25(21-2-1-7-26(17)21)11-20(27)24-14-4-6-18-19(9-14)29-12-28-18;/h3-6,8-10H,1-2,7,11-12H2;1H. The van der Waals surface area contributed by atoms with Gasteiger partial charge in [0.05, 0.1) is 23.0 Å². The smallest absolute Gasteiger partial charge is 0.266 e. The number of hydrogen-bond acceptors (Lipinski definition) is 3. The third kappa shape index (κ3) is 3.83. The van der Waals surface area contributed by atoms with Gasteiger partial charge in [-0.1, -0.05) is 23.2 Å². The number of nitrogens with one attached hydrogen (secondary N) is 1. The SMILES string of the molecule is O=C(C[n+]1cc(-c2ccc(Cl)c(Cl)c2)n2c1CCC2)Nc1ccc2c(c1)OCO2.[Cl-]. The minimum absolute atomic E-state index is 0. The Hall–Kier alpha value is -2.41. The van der Waals surface area contributed by atoms with E-state index in [9.17, 15) is 4.79 Å². The molecule has 0 fully saturated rings. The second-order valence-electron chi connectivity index (χ2n) is 7.06. The van der Waals surface area contributed by atoms with Crippen molar-refractivity contribution >= 4 is 34.8 Å². The van der Waals surface area contributed by atoms with Gasteiger partial charge in [0.1, 0.15) is 6.20 Å². The van der Waals surface area contributed by atoms with Crippen LogP contribution < -0.4 is 31.8 Å². The van der Waals surface area contributed by atoms with Gasteiger partial charge >= 0.3 is 0 Å². The van der Waals surface area contributed by atoms with Crippen molar-refractivity contribution in [3.63, 3.8) is 0 Å². The zero-order valence-electron chi connectivity index (χ0n) is 15.8. The molecule has 0 spiro atoms. The monoisotopic (exact) mass is 465 g/mol. The topological polar surface area (TPSA) is 56.4 Å². The van der Waals surface area contributed by atoms with Crippen LogP contribution in [0.25, 0.3) is 11.3 Å². The number of anilines is 1. The zero-order chi connectivity index (χ0) is 20.0. The molecule has 1 aromatic heterocycles. The van der Waals surface area contributed by atoms with E-state index in [4.69, 9.17) is 32.7 Å². The predicted octanol–water partition coefficient (Wildman–Crippen LogP) is 1.07. The Morgan fingerprint density at radius 1 is 1.10 bits per heavy atom. The largest absolute Gasteiger partial charge is 1.00 e. The first kappa shape index (κ1) is 20.8. The lowest BCUT2D eigenvalue weighted by Gasteiger charge is -2.05.